The van der Waals surface area contributed by atoms with Gasteiger partial charge in [-0.15, -0.1) is 0 Å². The van der Waals surface area contributed by atoms with Crippen LogP contribution in [0, 0.1) is 0 Å². The van der Waals surface area contributed by atoms with E-state index < -0.39 is 0 Å². The predicted octanol–water partition coefficient (Wildman–Crippen LogP) is 8.63. The average Bonchev–Trinajstić information content (AvgIpc) is 3.45. The number of esters is 1. The van der Waals surface area contributed by atoms with E-state index in [1.807, 2.05) is 19.1 Å². The minimum absolute atomic E-state index is 0.0304. The maximum atomic E-state index is 11.6. The van der Waals surface area contributed by atoms with Crippen molar-refractivity contribution in [3.05, 3.63) is 47.6 Å². The molecule has 194 valence electrons. The van der Waals surface area contributed by atoms with Crippen molar-refractivity contribution in [1.29, 1.82) is 0 Å². The molecule has 1 aromatic carbocycles. The van der Waals surface area contributed by atoms with Gasteiger partial charge in [-0.2, -0.15) is 0 Å². The van der Waals surface area contributed by atoms with Gasteiger partial charge in [-0.05, 0) is 82.1 Å². The number of cyclic esters (lactones) is 1. The van der Waals surface area contributed by atoms with Crippen LogP contribution in [0.25, 0.3) is 0 Å². The van der Waals surface area contributed by atoms with Crippen molar-refractivity contribution in [3.63, 3.8) is 0 Å². The maximum absolute atomic E-state index is 11.6. The Bertz CT molecular complexity index is 810. The first-order valence-corrected chi connectivity index (χ1v) is 14.2. The summed E-state index contributed by atoms with van der Waals surface area (Å²) >= 11 is 0. The van der Waals surface area contributed by atoms with Crippen LogP contribution in [-0.2, 0) is 16.0 Å². The van der Waals surface area contributed by atoms with Crippen molar-refractivity contribution >= 4 is 5.97 Å². The molecular weight excluding hydrogens is 436 g/mol. The molecule has 0 saturated carbocycles. The van der Waals surface area contributed by atoms with Crippen LogP contribution in [0.15, 0.2) is 42.0 Å². The fraction of sp³-hybridized carbons (Fsp3) is 0.645. The Balaban J connectivity index is 1.02. The molecule has 0 N–H and O–H groups in total. The number of aryl methyl sites for hydroxylation is 1. The summed E-state index contributed by atoms with van der Waals surface area (Å²) in [5, 5.41) is 0. The summed E-state index contributed by atoms with van der Waals surface area (Å²) < 4.78 is 16.0. The lowest BCUT2D eigenvalue weighted by Crippen LogP contribution is -2.03. The highest BCUT2D eigenvalue weighted by Crippen LogP contribution is 2.33. The number of hydrogen-bond acceptors (Lipinski definition) is 4. The zero-order valence-electron chi connectivity index (χ0n) is 21.9. The number of ether oxygens (including phenoxy) is 3. The normalized spacial score (nSPS) is 16.8. The lowest BCUT2D eigenvalue weighted by molar-refractivity contribution is -0.139. The monoisotopic (exact) mass is 482 g/mol. The molecule has 4 heteroatoms. The Labute approximate surface area is 213 Å². The highest BCUT2D eigenvalue weighted by molar-refractivity contribution is 5.90. The first kappa shape index (κ1) is 27.4. The van der Waals surface area contributed by atoms with Gasteiger partial charge in [-0.25, -0.2) is 4.79 Å². The van der Waals surface area contributed by atoms with E-state index >= 15 is 0 Å². The van der Waals surface area contributed by atoms with Crippen molar-refractivity contribution in [2.45, 2.75) is 122 Å². The molecule has 1 aromatic rings. The second-order valence-corrected chi connectivity index (χ2v) is 10.1. The molecule has 2 aliphatic rings. The van der Waals surface area contributed by atoms with Crippen molar-refractivity contribution in [1.82, 2.24) is 0 Å². The first-order valence-electron chi connectivity index (χ1n) is 14.2. The molecular formula is C31H46O4. The Morgan fingerprint density at radius 1 is 0.743 bits per heavy atom. The van der Waals surface area contributed by atoms with E-state index in [0.717, 1.165) is 36.3 Å². The van der Waals surface area contributed by atoms with Crippen LogP contribution in [0.5, 0.6) is 11.5 Å². The fourth-order valence-corrected chi connectivity index (χ4v) is 4.91. The lowest BCUT2D eigenvalue weighted by atomic mass is 10.0. The Morgan fingerprint density at radius 3 is 1.94 bits per heavy atom. The van der Waals surface area contributed by atoms with Crippen molar-refractivity contribution < 1.29 is 19.0 Å². The number of hydrogen-bond donors (Lipinski definition) is 0. The van der Waals surface area contributed by atoms with Gasteiger partial charge in [-0.3, -0.25) is 0 Å². The van der Waals surface area contributed by atoms with Gasteiger partial charge in [0.25, 0.3) is 0 Å². The summed E-state index contributed by atoms with van der Waals surface area (Å²) in [4.78, 5) is 11.6. The summed E-state index contributed by atoms with van der Waals surface area (Å²) in [6, 6.07) is 6.34. The highest BCUT2D eigenvalue weighted by Gasteiger charge is 2.21. The molecule has 0 saturated heterocycles. The molecule has 0 radical (unpaired) electrons. The zero-order valence-corrected chi connectivity index (χ0v) is 21.9. The number of rotatable bonds is 19. The molecule has 4 nitrogen and oxygen atoms in total. The van der Waals surface area contributed by atoms with Gasteiger partial charge in [0.2, 0.25) is 6.79 Å². The largest absolute Gasteiger partial charge is 0.455 e. The van der Waals surface area contributed by atoms with Gasteiger partial charge in [0.05, 0.1) is 0 Å². The minimum Gasteiger partial charge on any atom is -0.455 e. The molecule has 2 heterocycles. The molecule has 0 bridgehead atoms. The van der Waals surface area contributed by atoms with Crippen molar-refractivity contribution in [2.24, 2.45) is 0 Å². The van der Waals surface area contributed by atoms with E-state index in [-0.39, 0.29) is 12.1 Å². The first-order chi connectivity index (χ1) is 17.2. The topological polar surface area (TPSA) is 44.8 Å². The van der Waals surface area contributed by atoms with Gasteiger partial charge >= 0.3 is 5.97 Å². The zero-order chi connectivity index (χ0) is 24.6. The third-order valence-electron chi connectivity index (χ3n) is 7.00. The van der Waals surface area contributed by atoms with Gasteiger partial charge in [0, 0.05) is 5.57 Å². The van der Waals surface area contributed by atoms with E-state index in [2.05, 4.69) is 24.3 Å². The molecule has 35 heavy (non-hydrogen) atoms. The Kier molecular flexibility index (Phi) is 12.9. The fourth-order valence-electron chi connectivity index (χ4n) is 4.91. The third-order valence-corrected chi connectivity index (χ3v) is 7.00. The van der Waals surface area contributed by atoms with Crippen LogP contribution in [0.3, 0.4) is 0 Å². The van der Waals surface area contributed by atoms with Crippen molar-refractivity contribution in [3.8, 4) is 11.5 Å². The number of carbonyl (C=O) groups excluding carboxylic acids is 1. The standard InChI is InChI=1S/C31H46O4/c1-26-23-28(31(32)35-26)20-18-16-14-12-10-8-6-4-2-3-5-7-9-11-13-15-17-19-27-21-22-29-30(24-27)34-25-33-29/h6,8,21-24,26H,2-5,7,9-20,25H2,1H3/t26-/m0/s1. The SMILES string of the molecule is C[C@H]1C=C(CCCCCCC=CCCCCCCCCCCCc2ccc3c(c2)OCO3)C(=O)O1. The summed E-state index contributed by atoms with van der Waals surface area (Å²) in [6.07, 6.45) is 28.1. The smallest absolute Gasteiger partial charge is 0.334 e. The van der Waals surface area contributed by atoms with Crippen LogP contribution < -0.4 is 9.47 Å². The predicted molar refractivity (Wildman–Crippen MR) is 143 cm³/mol. The van der Waals surface area contributed by atoms with Gasteiger partial charge in [0.15, 0.2) is 11.5 Å². The molecule has 0 aliphatic carbocycles. The highest BCUT2D eigenvalue weighted by atomic mass is 16.7. The number of benzene rings is 1. The summed E-state index contributed by atoms with van der Waals surface area (Å²) in [6.45, 7) is 2.28. The van der Waals surface area contributed by atoms with Crippen LogP contribution in [0.4, 0.5) is 0 Å². The van der Waals surface area contributed by atoms with Crippen LogP contribution >= 0.6 is 0 Å². The number of allylic oxidation sites excluding steroid dienone is 2. The molecule has 0 spiro atoms. The van der Waals surface area contributed by atoms with E-state index in [1.54, 1.807) is 0 Å². The van der Waals surface area contributed by atoms with Crippen LogP contribution in [-0.4, -0.2) is 18.9 Å². The van der Waals surface area contributed by atoms with Crippen molar-refractivity contribution in [2.75, 3.05) is 6.79 Å². The van der Waals surface area contributed by atoms with E-state index in [9.17, 15) is 4.79 Å². The maximum Gasteiger partial charge on any atom is 0.334 e. The van der Waals surface area contributed by atoms with Gasteiger partial charge in [-0.1, -0.05) is 76.0 Å². The quantitative estimate of drug-likeness (QED) is 0.112. The third kappa shape index (κ3) is 10.9. The molecule has 0 unspecified atom stereocenters. The van der Waals surface area contributed by atoms with Gasteiger partial charge < -0.3 is 14.2 Å². The minimum atomic E-state index is -0.106. The molecule has 3 rings (SSSR count). The summed E-state index contributed by atoms with van der Waals surface area (Å²) in [7, 11) is 0. The van der Waals surface area contributed by atoms with Crippen LogP contribution in [0.1, 0.15) is 115 Å². The van der Waals surface area contributed by atoms with E-state index in [0.29, 0.717) is 6.79 Å². The second-order valence-electron chi connectivity index (χ2n) is 10.1. The summed E-state index contributed by atoms with van der Waals surface area (Å²) in [5.41, 5.74) is 2.24. The molecule has 0 aromatic heterocycles. The van der Waals surface area contributed by atoms with Gasteiger partial charge in [0.1, 0.15) is 6.10 Å². The lowest BCUT2D eigenvalue weighted by Gasteiger charge is -2.04. The Morgan fingerprint density at radius 2 is 1.31 bits per heavy atom. The van der Waals surface area contributed by atoms with E-state index in [1.165, 1.54) is 95.5 Å². The summed E-state index contributed by atoms with van der Waals surface area (Å²) in [5.74, 6) is 1.68. The number of fused-ring (bicyclic) bond motifs is 1. The second kappa shape index (κ2) is 16.4. The van der Waals surface area contributed by atoms with E-state index in [4.69, 9.17) is 14.2 Å². The van der Waals surface area contributed by atoms with Crippen LogP contribution in [0.2, 0.25) is 0 Å². The molecule has 0 amide bonds. The molecule has 2 aliphatic heterocycles. The number of carbonyl (C=O) groups is 1. The Hall–Kier alpha value is -2.23. The molecule has 1 atom stereocenters. The molecule has 0 fully saturated rings. The average molecular weight is 483 g/mol. The number of unbranched alkanes of at least 4 members (excludes halogenated alkanes) is 13.